The SMILES string of the molecule is CC(O)(F)C(F)CCCCCCC(F)C(C)(O)F. The van der Waals surface area contributed by atoms with Gasteiger partial charge in [0, 0.05) is 0 Å². The molecule has 0 amide bonds. The van der Waals surface area contributed by atoms with E-state index in [-0.39, 0.29) is 12.8 Å². The second-order valence-electron chi connectivity index (χ2n) is 4.97. The van der Waals surface area contributed by atoms with Crippen LogP contribution in [-0.4, -0.2) is 34.3 Å². The van der Waals surface area contributed by atoms with Crippen molar-refractivity contribution < 1.29 is 27.8 Å². The van der Waals surface area contributed by atoms with Crippen LogP contribution >= 0.6 is 0 Å². The highest BCUT2D eigenvalue weighted by Gasteiger charge is 2.31. The van der Waals surface area contributed by atoms with E-state index in [9.17, 15) is 17.6 Å². The van der Waals surface area contributed by atoms with Crippen LogP contribution in [0.5, 0.6) is 0 Å². The van der Waals surface area contributed by atoms with Crippen molar-refractivity contribution in [3.05, 3.63) is 0 Å². The zero-order chi connectivity index (χ0) is 14.4. The quantitative estimate of drug-likeness (QED) is 0.500. The van der Waals surface area contributed by atoms with Gasteiger partial charge in [-0.2, -0.15) is 0 Å². The summed E-state index contributed by atoms with van der Waals surface area (Å²) < 4.78 is 51.2. The Bertz CT molecular complexity index is 199. The van der Waals surface area contributed by atoms with Crippen molar-refractivity contribution in [2.45, 2.75) is 76.4 Å². The number of halogens is 4. The fraction of sp³-hybridized carbons (Fsp3) is 1.00. The smallest absolute Gasteiger partial charge is 0.235 e. The van der Waals surface area contributed by atoms with Crippen LogP contribution in [0, 0.1) is 0 Å². The molecule has 0 aliphatic heterocycles. The van der Waals surface area contributed by atoms with Crippen molar-refractivity contribution in [2.75, 3.05) is 0 Å². The summed E-state index contributed by atoms with van der Waals surface area (Å²) >= 11 is 0. The number of hydrogen-bond donors (Lipinski definition) is 2. The van der Waals surface area contributed by atoms with Gasteiger partial charge in [-0.1, -0.05) is 25.7 Å². The molecule has 4 unspecified atom stereocenters. The molecule has 2 nitrogen and oxygen atoms in total. The largest absolute Gasteiger partial charge is 0.360 e. The first-order valence-corrected chi connectivity index (χ1v) is 6.16. The number of alkyl halides is 4. The summed E-state index contributed by atoms with van der Waals surface area (Å²) in [5, 5.41) is 17.4. The Morgan fingerprint density at radius 1 is 0.778 bits per heavy atom. The summed E-state index contributed by atoms with van der Waals surface area (Å²) in [6, 6.07) is 0. The molecule has 0 aromatic heterocycles. The molecule has 0 saturated carbocycles. The van der Waals surface area contributed by atoms with E-state index < -0.39 is 24.1 Å². The Labute approximate surface area is 105 Å². The first-order valence-electron chi connectivity index (χ1n) is 6.16. The lowest BCUT2D eigenvalue weighted by Crippen LogP contribution is -2.31. The molecular weight excluding hydrogens is 252 g/mol. The average molecular weight is 274 g/mol. The van der Waals surface area contributed by atoms with Gasteiger partial charge in [0.2, 0.25) is 11.7 Å². The topological polar surface area (TPSA) is 40.5 Å². The third kappa shape index (κ3) is 7.87. The van der Waals surface area contributed by atoms with E-state index in [0.717, 1.165) is 13.8 Å². The maximum atomic E-state index is 12.9. The molecule has 0 aliphatic rings. The van der Waals surface area contributed by atoms with E-state index in [0.29, 0.717) is 25.7 Å². The summed E-state index contributed by atoms with van der Waals surface area (Å²) in [6.07, 6.45) is -2.27. The molecule has 0 bridgehead atoms. The zero-order valence-electron chi connectivity index (χ0n) is 10.8. The highest BCUT2D eigenvalue weighted by molar-refractivity contribution is 4.72. The highest BCUT2D eigenvalue weighted by atomic mass is 19.2. The normalized spacial score (nSPS) is 22.0. The summed E-state index contributed by atoms with van der Waals surface area (Å²) in [4.78, 5) is 0. The van der Waals surface area contributed by atoms with Crippen molar-refractivity contribution >= 4 is 0 Å². The van der Waals surface area contributed by atoms with E-state index >= 15 is 0 Å². The molecule has 0 aliphatic carbocycles. The summed E-state index contributed by atoms with van der Waals surface area (Å²) in [6.45, 7) is 1.52. The van der Waals surface area contributed by atoms with Crippen LogP contribution in [-0.2, 0) is 0 Å². The molecule has 0 fully saturated rings. The molecule has 110 valence electrons. The average Bonchev–Trinajstić information content (AvgIpc) is 2.19. The van der Waals surface area contributed by atoms with Crippen LogP contribution in [0.4, 0.5) is 17.6 Å². The van der Waals surface area contributed by atoms with Gasteiger partial charge in [-0.05, 0) is 26.7 Å². The molecule has 6 heteroatoms. The molecule has 0 spiro atoms. The van der Waals surface area contributed by atoms with Crippen molar-refractivity contribution in [3.63, 3.8) is 0 Å². The van der Waals surface area contributed by atoms with Crippen LogP contribution < -0.4 is 0 Å². The predicted molar refractivity (Wildman–Crippen MR) is 61.0 cm³/mol. The minimum atomic E-state index is -2.82. The lowest BCUT2D eigenvalue weighted by molar-refractivity contribution is -0.131. The van der Waals surface area contributed by atoms with Gasteiger partial charge in [0.15, 0.2) is 12.3 Å². The second-order valence-corrected chi connectivity index (χ2v) is 4.97. The maximum Gasteiger partial charge on any atom is 0.235 e. The van der Waals surface area contributed by atoms with Crippen LogP contribution in [0.1, 0.15) is 52.4 Å². The molecule has 0 heterocycles. The van der Waals surface area contributed by atoms with Gasteiger partial charge >= 0.3 is 0 Å². The Morgan fingerprint density at radius 3 is 1.28 bits per heavy atom. The molecule has 0 aromatic carbocycles. The third-order valence-electron chi connectivity index (χ3n) is 2.81. The van der Waals surface area contributed by atoms with Gasteiger partial charge in [0.1, 0.15) is 0 Å². The molecule has 0 rings (SSSR count). The predicted octanol–water partition coefficient (Wildman–Crippen LogP) is 3.36. The molecule has 0 saturated heterocycles. The monoisotopic (exact) mass is 274 g/mol. The molecule has 2 N–H and O–H groups in total. The standard InChI is InChI=1S/C12H22F4O2/c1-11(15,17)9(13)7-5-3-4-6-8-10(14)12(2,16)18/h9-10,17-18H,3-8H2,1-2H3. The second kappa shape index (κ2) is 7.28. The lowest BCUT2D eigenvalue weighted by Gasteiger charge is -2.18. The molecule has 0 radical (unpaired) electrons. The van der Waals surface area contributed by atoms with Gasteiger partial charge < -0.3 is 10.2 Å². The fourth-order valence-corrected chi connectivity index (χ4v) is 1.53. The van der Waals surface area contributed by atoms with Crippen molar-refractivity contribution in [3.8, 4) is 0 Å². The Kier molecular flexibility index (Phi) is 7.14. The lowest BCUT2D eigenvalue weighted by atomic mass is 10.0. The maximum absolute atomic E-state index is 12.9. The van der Waals surface area contributed by atoms with Crippen LogP contribution in [0.25, 0.3) is 0 Å². The van der Waals surface area contributed by atoms with E-state index in [1.807, 2.05) is 0 Å². The van der Waals surface area contributed by atoms with E-state index in [2.05, 4.69) is 0 Å². The number of hydrogen-bond acceptors (Lipinski definition) is 2. The fourth-order valence-electron chi connectivity index (χ4n) is 1.53. The van der Waals surface area contributed by atoms with Gasteiger partial charge in [0.25, 0.3) is 0 Å². The van der Waals surface area contributed by atoms with Crippen LogP contribution in [0.3, 0.4) is 0 Å². The van der Waals surface area contributed by atoms with Crippen LogP contribution in [0.15, 0.2) is 0 Å². The zero-order valence-corrected chi connectivity index (χ0v) is 10.8. The van der Waals surface area contributed by atoms with Crippen molar-refractivity contribution in [1.29, 1.82) is 0 Å². The molecule has 0 aromatic rings. The molecule has 4 atom stereocenters. The van der Waals surface area contributed by atoms with Crippen molar-refractivity contribution in [1.82, 2.24) is 0 Å². The van der Waals surface area contributed by atoms with Gasteiger partial charge in [-0.25, -0.2) is 17.6 Å². The summed E-state index contributed by atoms with van der Waals surface area (Å²) in [7, 11) is 0. The summed E-state index contributed by atoms with van der Waals surface area (Å²) in [5.74, 6) is -5.64. The number of unbranched alkanes of at least 4 members (excludes halogenated alkanes) is 3. The Balaban J connectivity index is 3.53. The van der Waals surface area contributed by atoms with Gasteiger partial charge in [0.05, 0.1) is 0 Å². The van der Waals surface area contributed by atoms with E-state index in [1.54, 1.807) is 0 Å². The minimum absolute atomic E-state index is 0.108. The van der Waals surface area contributed by atoms with E-state index in [4.69, 9.17) is 10.2 Å². The first-order chi connectivity index (χ1) is 8.05. The van der Waals surface area contributed by atoms with Gasteiger partial charge in [-0.15, -0.1) is 0 Å². The van der Waals surface area contributed by atoms with Crippen molar-refractivity contribution in [2.24, 2.45) is 0 Å². The minimum Gasteiger partial charge on any atom is -0.360 e. The molecule has 18 heavy (non-hydrogen) atoms. The van der Waals surface area contributed by atoms with E-state index in [1.165, 1.54) is 0 Å². The highest BCUT2D eigenvalue weighted by Crippen LogP contribution is 2.23. The van der Waals surface area contributed by atoms with Crippen LogP contribution in [0.2, 0.25) is 0 Å². The first kappa shape index (κ1) is 17.6. The van der Waals surface area contributed by atoms with Gasteiger partial charge in [-0.3, -0.25) is 0 Å². The third-order valence-corrected chi connectivity index (χ3v) is 2.81. The number of rotatable bonds is 9. The Hall–Kier alpha value is -0.360. The number of aliphatic hydroxyl groups is 2. The molecular formula is C12H22F4O2. The Morgan fingerprint density at radius 2 is 1.06 bits per heavy atom. The summed E-state index contributed by atoms with van der Waals surface area (Å²) in [5.41, 5.74) is 0.